The molecule has 2 saturated heterocycles. The molecule has 3 aliphatic heterocycles. The van der Waals surface area contributed by atoms with Crippen LogP contribution in [0.3, 0.4) is 0 Å². The van der Waals surface area contributed by atoms with Crippen molar-refractivity contribution in [1.82, 2.24) is 4.98 Å². The summed E-state index contributed by atoms with van der Waals surface area (Å²) in [4.78, 5) is 30.3. The van der Waals surface area contributed by atoms with Gasteiger partial charge in [0.15, 0.2) is 12.0 Å². The van der Waals surface area contributed by atoms with E-state index in [1.165, 1.54) is 0 Å². The number of Topliss-reactive ketones (excluding diaryl/α,β-unsaturated/α-hetero) is 1. The van der Waals surface area contributed by atoms with Crippen molar-refractivity contribution in [2.45, 2.75) is 116 Å². The minimum absolute atomic E-state index is 0.194. The van der Waals surface area contributed by atoms with Gasteiger partial charge >= 0.3 is 5.97 Å². The normalized spacial score (nSPS) is 38.2. The molecule has 9 nitrogen and oxygen atoms in total. The van der Waals surface area contributed by atoms with Crippen LogP contribution in [0.15, 0.2) is 52.2 Å². The van der Waals surface area contributed by atoms with E-state index in [2.05, 4.69) is 18.0 Å². The Balaban J connectivity index is 1.33. The van der Waals surface area contributed by atoms with Crippen molar-refractivity contribution in [3.05, 3.63) is 59.4 Å². The number of aryl methyl sites for hydroxylation is 1. The number of ketones is 1. The number of hydrogen-bond donors (Lipinski definition) is 1. The lowest BCUT2D eigenvalue weighted by molar-refractivity contribution is -0.158. The number of aliphatic hydroxyl groups is 1. The number of aliphatic hydroxyl groups excluding tert-OH is 1. The molecule has 246 valence electrons. The molecule has 3 fully saturated rings. The Bertz CT molecular complexity index is 1360. The summed E-state index contributed by atoms with van der Waals surface area (Å²) in [5, 5.41) is 11.4. The lowest BCUT2D eigenvalue weighted by Crippen LogP contribution is -2.41. The number of carbonyl (C=O) groups is 2. The molecule has 1 aromatic rings. The van der Waals surface area contributed by atoms with Crippen molar-refractivity contribution in [2.24, 2.45) is 23.7 Å². The van der Waals surface area contributed by atoms with Crippen LogP contribution >= 0.6 is 0 Å². The molecule has 4 aliphatic rings. The van der Waals surface area contributed by atoms with E-state index in [1.807, 2.05) is 65.0 Å². The first-order chi connectivity index (χ1) is 21.4. The fourth-order valence-electron chi connectivity index (χ4n) is 7.13. The molecule has 1 aromatic heterocycles. The number of esters is 1. The molecule has 1 saturated carbocycles. The summed E-state index contributed by atoms with van der Waals surface area (Å²) >= 11 is 0. The number of aromatic nitrogens is 1. The second kappa shape index (κ2) is 13.9. The van der Waals surface area contributed by atoms with E-state index < -0.39 is 29.9 Å². The number of ether oxygens (including phenoxy) is 4. The number of rotatable bonds is 7. The van der Waals surface area contributed by atoms with Crippen molar-refractivity contribution in [3.63, 3.8) is 0 Å². The van der Waals surface area contributed by atoms with E-state index in [-0.39, 0.29) is 54.2 Å². The Hall–Kier alpha value is -2.85. The molecule has 1 N–H and O–H groups in total. The second-order valence-corrected chi connectivity index (χ2v) is 13.8. The maximum absolute atomic E-state index is 13.4. The maximum atomic E-state index is 13.4. The lowest BCUT2D eigenvalue weighted by Gasteiger charge is -2.33. The Morgan fingerprint density at radius 2 is 1.96 bits per heavy atom. The van der Waals surface area contributed by atoms with Gasteiger partial charge in [-0.1, -0.05) is 44.2 Å². The van der Waals surface area contributed by atoms with Gasteiger partial charge in [-0.25, -0.2) is 9.78 Å². The third-order valence-corrected chi connectivity index (χ3v) is 10.1. The van der Waals surface area contributed by atoms with Crippen molar-refractivity contribution >= 4 is 17.8 Å². The fourth-order valence-corrected chi connectivity index (χ4v) is 7.13. The molecule has 0 spiro atoms. The van der Waals surface area contributed by atoms with Crippen LogP contribution in [0.5, 0.6) is 0 Å². The van der Waals surface area contributed by atoms with Gasteiger partial charge in [-0.05, 0) is 68.6 Å². The van der Waals surface area contributed by atoms with Crippen LogP contribution in [0, 0.1) is 30.6 Å². The predicted octanol–water partition coefficient (Wildman–Crippen LogP) is 5.71. The summed E-state index contributed by atoms with van der Waals surface area (Å²) in [5.41, 5.74) is 1.93. The molecule has 0 unspecified atom stereocenters. The van der Waals surface area contributed by atoms with Gasteiger partial charge in [-0.2, -0.15) is 0 Å². The highest BCUT2D eigenvalue weighted by Gasteiger charge is 2.57. The number of cyclic esters (lactones) is 1. The number of carbonyl (C=O) groups excluding carboxylic acids is 2. The van der Waals surface area contributed by atoms with E-state index in [0.29, 0.717) is 25.2 Å². The van der Waals surface area contributed by atoms with Gasteiger partial charge in [-0.3, -0.25) is 4.79 Å². The number of allylic oxidation sites excluding steroid dienone is 5. The Labute approximate surface area is 266 Å². The van der Waals surface area contributed by atoms with E-state index in [4.69, 9.17) is 23.4 Å². The second-order valence-electron chi connectivity index (χ2n) is 13.8. The number of epoxide rings is 2. The first-order valence-corrected chi connectivity index (χ1v) is 16.3. The largest absolute Gasteiger partial charge is 0.460 e. The van der Waals surface area contributed by atoms with Crippen molar-refractivity contribution in [3.8, 4) is 0 Å². The molecule has 1 aliphatic carbocycles. The number of fused-ring (bicyclic) bond motifs is 4. The van der Waals surface area contributed by atoms with Crippen LogP contribution < -0.4 is 0 Å². The van der Waals surface area contributed by atoms with Crippen LogP contribution in [0.1, 0.15) is 78.3 Å². The summed E-state index contributed by atoms with van der Waals surface area (Å²) in [6.07, 6.45) is 13.5. The summed E-state index contributed by atoms with van der Waals surface area (Å²) < 4.78 is 29.2. The number of oxazole rings is 1. The van der Waals surface area contributed by atoms with Gasteiger partial charge in [-0.15, -0.1) is 0 Å². The zero-order valence-corrected chi connectivity index (χ0v) is 27.6. The van der Waals surface area contributed by atoms with Crippen LogP contribution in [0.4, 0.5) is 0 Å². The first-order valence-electron chi connectivity index (χ1n) is 16.3. The molecular formula is C36H49NO8. The van der Waals surface area contributed by atoms with Gasteiger partial charge in [0.25, 0.3) is 0 Å². The third kappa shape index (κ3) is 8.12. The van der Waals surface area contributed by atoms with Crippen LogP contribution in [-0.4, -0.2) is 71.2 Å². The average molecular weight is 624 g/mol. The predicted molar refractivity (Wildman–Crippen MR) is 169 cm³/mol. The Kier molecular flexibility index (Phi) is 10.3. The monoisotopic (exact) mass is 623 g/mol. The highest BCUT2D eigenvalue weighted by atomic mass is 16.6. The number of methoxy groups -OCH3 is 1. The molecule has 4 heterocycles. The highest BCUT2D eigenvalue weighted by molar-refractivity contribution is 5.80. The highest BCUT2D eigenvalue weighted by Crippen LogP contribution is 2.45. The molecule has 9 heteroatoms. The zero-order chi connectivity index (χ0) is 32.5. The van der Waals surface area contributed by atoms with E-state index in [9.17, 15) is 14.7 Å². The number of hydrogen-bond acceptors (Lipinski definition) is 9. The van der Waals surface area contributed by atoms with E-state index >= 15 is 0 Å². The van der Waals surface area contributed by atoms with Gasteiger partial charge in [0.05, 0.1) is 18.3 Å². The van der Waals surface area contributed by atoms with Crippen molar-refractivity contribution in [1.29, 1.82) is 0 Å². The van der Waals surface area contributed by atoms with Crippen molar-refractivity contribution in [2.75, 3.05) is 7.11 Å². The topological polar surface area (TPSA) is 124 Å². The van der Waals surface area contributed by atoms with Gasteiger partial charge < -0.3 is 28.5 Å². The molecule has 0 aromatic carbocycles. The lowest BCUT2D eigenvalue weighted by atomic mass is 9.73. The molecule has 5 rings (SSSR count). The van der Waals surface area contributed by atoms with Crippen molar-refractivity contribution < 1.29 is 38.1 Å². The summed E-state index contributed by atoms with van der Waals surface area (Å²) in [6, 6.07) is 0. The first kappa shape index (κ1) is 33.5. The molecule has 0 amide bonds. The summed E-state index contributed by atoms with van der Waals surface area (Å²) in [6.45, 7) is 11.8. The standard InChI is InChI=1S/C36H49NO8/c1-20(13-27-19-42-24(5)37-27)9-8-10-22(3)33(41-7)23(4)29-18-31(39)36(6)32(45-36)12-11-21(2)26-14-25(15-28(38)17-26)16-30-34(43-30)35(40)44-29/h8-13,19,21,23,25-26,29-34,39H,14-18H2,1-7H3/b9-8+,12-11+,20-13+,22-10+/t21-,23+,25-,26+,29+,30-,31+,32-,33+,34-,36+/m1/s1. The average Bonchev–Trinajstić information content (AvgIpc) is 3.86. The zero-order valence-electron chi connectivity index (χ0n) is 27.6. The Morgan fingerprint density at radius 3 is 2.67 bits per heavy atom. The third-order valence-electron chi connectivity index (χ3n) is 10.1. The quantitative estimate of drug-likeness (QED) is 0.176. The molecule has 0 radical (unpaired) electrons. The molecule has 45 heavy (non-hydrogen) atoms. The molecule has 11 atom stereocenters. The van der Waals surface area contributed by atoms with Crippen LogP contribution in [-0.2, 0) is 28.5 Å². The maximum Gasteiger partial charge on any atom is 0.338 e. The molecular weight excluding hydrogens is 574 g/mol. The Morgan fingerprint density at radius 1 is 1.18 bits per heavy atom. The summed E-state index contributed by atoms with van der Waals surface area (Å²) in [7, 11) is 1.64. The SMILES string of the molecule is CO[C@@H](/C(C)=C/C=C/C(C)=C/c1coc(C)n1)[C@@H](C)[C@@H]1C[C@H](O)[C@]2(C)O[C@@H]2/C=C/[C@@H](C)[C@@H]2CC(=O)C[C@@H](C2)C[C@H]2O[C@H]2C(=O)O1. The smallest absolute Gasteiger partial charge is 0.338 e. The van der Waals surface area contributed by atoms with E-state index in [1.54, 1.807) is 13.4 Å². The van der Waals surface area contributed by atoms with Crippen LogP contribution in [0.2, 0.25) is 0 Å². The van der Waals surface area contributed by atoms with Gasteiger partial charge in [0.1, 0.15) is 35.5 Å². The van der Waals surface area contributed by atoms with E-state index in [0.717, 1.165) is 23.3 Å². The van der Waals surface area contributed by atoms with Gasteiger partial charge in [0, 0.05) is 39.2 Å². The summed E-state index contributed by atoms with van der Waals surface area (Å²) in [5.74, 6) is 0.833. The minimum atomic E-state index is -0.873. The fraction of sp³-hybridized carbons (Fsp3) is 0.639. The number of nitrogens with zero attached hydrogens (tertiary/aromatic N) is 1. The van der Waals surface area contributed by atoms with Gasteiger partial charge in [0.2, 0.25) is 0 Å². The van der Waals surface area contributed by atoms with Crippen LogP contribution in [0.25, 0.3) is 6.08 Å². The minimum Gasteiger partial charge on any atom is -0.460 e. The molecule has 2 bridgehead atoms.